The molecule has 0 aromatic heterocycles. The maximum Gasteiger partial charge on any atom is 0.274 e. The largest absolute Gasteiger partial charge is 0.512 e. The Labute approximate surface area is 86.6 Å². The number of aliphatic hydroxyl groups excluding tert-OH is 2. The molecule has 0 aliphatic carbocycles. The molecule has 82 valence electrons. The van der Waals surface area contributed by atoms with Crippen molar-refractivity contribution in [2.45, 2.75) is 13.8 Å². The molecule has 0 unspecified atom stereocenters. The monoisotopic (exact) mass is 212 g/mol. The summed E-state index contributed by atoms with van der Waals surface area (Å²) in [6, 6.07) is 0. The molecule has 6 heteroatoms. The van der Waals surface area contributed by atoms with Crippen molar-refractivity contribution < 1.29 is 19.8 Å². The predicted octanol–water partition coefficient (Wildman–Crippen LogP) is 0.581. The fraction of sp³-hybridized carbons (Fsp3) is 0.222. The minimum absolute atomic E-state index is 0.154. The van der Waals surface area contributed by atoms with E-state index in [1.165, 1.54) is 13.8 Å². The molecule has 0 saturated heterocycles. The Morgan fingerprint density at radius 2 is 1.67 bits per heavy atom. The van der Waals surface area contributed by atoms with Crippen LogP contribution in [0.25, 0.3) is 0 Å². The Morgan fingerprint density at radius 1 is 1.13 bits per heavy atom. The van der Waals surface area contributed by atoms with Crippen molar-refractivity contribution in [3.8, 4) is 0 Å². The zero-order valence-corrected chi connectivity index (χ0v) is 8.39. The van der Waals surface area contributed by atoms with Crippen LogP contribution in [0.4, 0.5) is 0 Å². The van der Waals surface area contributed by atoms with Crippen molar-refractivity contribution in [3.05, 3.63) is 23.7 Å². The van der Waals surface area contributed by atoms with Gasteiger partial charge in [-0.05, 0) is 13.8 Å². The second kappa shape index (κ2) is 6.36. The van der Waals surface area contributed by atoms with Gasteiger partial charge in [-0.3, -0.25) is 9.59 Å². The van der Waals surface area contributed by atoms with Gasteiger partial charge in [0.1, 0.15) is 0 Å². The van der Waals surface area contributed by atoms with Crippen LogP contribution >= 0.6 is 0 Å². The minimum Gasteiger partial charge on any atom is -0.512 e. The molecular formula is C9H12N2O4. The first-order valence-electron chi connectivity index (χ1n) is 4.03. The van der Waals surface area contributed by atoms with Crippen LogP contribution in [0.5, 0.6) is 0 Å². The van der Waals surface area contributed by atoms with E-state index in [2.05, 4.69) is 10.3 Å². The summed E-state index contributed by atoms with van der Waals surface area (Å²) in [5, 5.41) is 19.5. The summed E-state index contributed by atoms with van der Waals surface area (Å²) in [5.41, 5.74) is 0. The number of hydrogen-bond acceptors (Lipinski definition) is 4. The highest BCUT2D eigenvalue weighted by Crippen LogP contribution is 1.86. The summed E-state index contributed by atoms with van der Waals surface area (Å²) in [7, 11) is 0. The van der Waals surface area contributed by atoms with Gasteiger partial charge in [0, 0.05) is 12.2 Å². The molecule has 0 bridgehead atoms. The Morgan fingerprint density at radius 3 is 2.13 bits per heavy atom. The van der Waals surface area contributed by atoms with Crippen LogP contribution in [0.15, 0.2) is 28.7 Å². The first-order chi connectivity index (χ1) is 6.91. The van der Waals surface area contributed by atoms with Gasteiger partial charge in [0.25, 0.3) is 11.8 Å². The third-order valence-electron chi connectivity index (χ3n) is 1.07. The Hall–Kier alpha value is -2.11. The first kappa shape index (κ1) is 12.9. The van der Waals surface area contributed by atoms with Gasteiger partial charge in [0.2, 0.25) is 0 Å². The van der Waals surface area contributed by atoms with Crippen LogP contribution in [-0.4, -0.2) is 28.4 Å². The van der Waals surface area contributed by atoms with Crippen molar-refractivity contribution >= 4 is 18.2 Å². The van der Waals surface area contributed by atoms with E-state index in [0.29, 0.717) is 0 Å². The predicted molar refractivity (Wildman–Crippen MR) is 54.4 cm³/mol. The van der Waals surface area contributed by atoms with Crippen molar-refractivity contribution in [3.63, 3.8) is 0 Å². The molecular weight excluding hydrogens is 200 g/mol. The topological polar surface area (TPSA) is 99.0 Å². The van der Waals surface area contributed by atoms with Gasteiger partial charge in [-0.25, -0.2) is 0 Å². The Balaban J connectivity index is 4.12. The summed E-state index contributed by atoms with van der Waals surface area (Å²) in [5.74, 6) is -1.62. The lowest BCUT2D eigenvalue weighted by molar-refractivity contribution is -0.115. The van der Waals surface area contributed by atoms with Crippen molar-refractivity contribution in [2.24, 2.45) is 4.99 Å². The minimum atomic E-state index is -0.694. The second-order valence-electron chi connectivity index (χ2n) is 2.68. The molecule has 3 N–H and O–H groups in total. The molecule has 15 heavy (non-hydrogen) atoms. The summed E-state index contributed by atoms with van der Waals surface area (Å²) in [6.45, 7) is 2.66. The summed E-state index contributed by atoms with van der Waals surface area (Å²) in [4.78, 5) is 24.9. The first-order valence-corrected chi connectivity index (χ1v) is 4.03. The fourth-order valence-corrected chi connectivity index (χ4v) is 0.607. The van der Waals surface area contributed by atoms with Gasteiger partial charge in [0.15, 0.2) is 0 Å². The lowest BCUT2D eigenvalue weighted by Gasteiger charge is -1.92. The number of rotatable bonds is 3. The zero-order chi connectivity index (χ0) is 11.8. The maximum absolute atomic E-state index is 10.8. The quantitative estimate of drug-likeness (QED) is 0.276. The van der Waals surface area contributed by atoms with Gasteiger partial charge in [0.05, 0.1) is 17.9 Å². The molecule has 6 nitrogen and oxygen atoms in total. The summed E-state index contributed by atoms with van der Waals surface area (Å²) >= 11 is 0. The molecule has 0 radical (unpaired) electrons. The molecule has 0 heterocycles. The SMILES string of the molecule is CC(O)=CC(=O)N=CNC(=O)C=C(C)O. The van der Waals surface area contributed by atoms with Crippen LogP contribution in [0.1, 0.15) is 13.8 Å². The van der Waals surface area contributed by atoms with E-state index in [9.17, 15) is 9.59 Å². The summed E-state index contributed by atoms with van der Waals surface area (Å²) < 4.78 is 0. The van der Waals surface area contributed by atoms with E-state index >= 15 is 0 Å². The molecule has 0 saturated carbocycles. The Bertz CT molecular complexity index is 334. The van der Waals surface area contributed by atoms with E-state index in [0.717, 1.165) is 18.5 Å². The van der Waals surface area contributed by atoms with E-state index < -0.39 is 11.8 Å². The van der Waals surface area contributed by atoms with Crippen LogP contribution in [0, 0.1) is 0 Å². The van der Waals surface area contributed by atoms with E-state index in [4.69, 9.17) is 10.2 Å². The number of carbonyl (C=O) groups is 2. The van der Waals surface area contributed by atoms with Gasteiger partial charge in [-0.15, -0.1) is 0 Å². The second-order valence-corrected chi connectivity index (χ2v) is 2.68. The molecule has 0 atom stereocenters. The zero-order valence-electron chi connectivity index (χ0n) is 8.39. The Kier molecular flexibility index (Phi) is 5.47. The lowest BCUT2D eigenvalue weighted by Crippen LogP contribution is -2.19. The average molecular weight is 212 g/mol. The molecule has 0 rings (SSSR count). The lowest BCUT2D eigenvalue weighted by atomic mass is 10.4. The van der Waals surface area contributed by atoms with E-state index in [1.54, 1.807) is 0 Å². The normalized spacial score (nSPS) is 12.9. The maximum atomic E-state index is 10.8. The van der Waals surface area contributed by atoms with Crippen LogP contribution in [-0.2, 0) is 9.59 Å². The van der Waals surface area contributed by atoms with Crippen LogP contribution < -0.4 is 5.32 Å². The van der Waals surface area contributed by atoms with Crippen LogP contribution in [0.2, 0.25) is 0 Å². The van der Waals surface area contributed by atoms with Gasteiger partial charge >= 0.3 is 0 Å². The third kappa shape index (κ3) is 8.23. The molecule has 2 amide bonds. The van der Waals surface area contributed by atoms with E-state index in [1.807, 2.05) is 0 Å². The molecule has 0 fully saturated rings. The standard InChI is InChI=1S/C9H12N2O4/c1-6(12)3-8(14)10-5-11-9(15)4-7(2)13/h3-5,12-13H,1-2H3,(H,10,11,14,15). The number of aliphatic imine (C=N–C) groups is 1. The number of amides is 2. The van der Waals surface area contributed by atoms with Crippen LogP contribution in [0.3, 0.4) is 0 Å². The number of nitrogens with one attached hydrogen (secondary N) is 1. The highest BCUT2D eigenvalue weighted by atomic mass is 16.3. The van der Waals surface area contributed by atoms with Crippen molar-refractivity contribution in [1.29, 1.82) is 0 Å². The van der Waals surface area contributed by atoms with Crippen molar-refractivity contribution in [1.82, 2.24) is 5.32 Å². The van der Waals surface area contributed by atoms with Gasteiger partial charge in [-0.1, -0.05) is 0 Å². The third-order valence-corrected chi connectivity index (χ3v) is 1.07. The number of allylic oxidation sites excluding steroid dienone is 2. The molecule has 0 aromatic carbocycles. The smallest absolute Gasteiger partial charge is 0.274 e. The van der Waals surface area contributed by atoms with E-state index in [-0.39, 0.29) is 11.5 Å². The molecule has 0 aromatic rings. The molecule has 0 spiro atoms. The number of aliphatic hydroxyl groups is 2. The molecule has 0 aliphatic heterocycles. The average Bonchev–Trinajstić information content (AvgIpc) is 2.00. The van der Waals surface area contributed by atoms with Gasteiger partial charge in [-0.2, -0.15) is 4.99 Å². The van der Waals surface area contributed by atoms with Crippen molar-refractivity contribution in [2.75, 3.05) is 0 Å². The number of nitrogens with zero attached hydrogens (tertiary/aromatic N) is 1. The fourth-order valence-electron chi connectivity index (χ4n) is 0.607. The summed E-state index contributed by atoms with van der Waals surface area (Å²) in [6.07, 6.45) is 2.71. The molecule has 0 aliphatic rings. The van der Waals surface area contributed by atoms with Gasteiger partial charge < -0.3 is 15.5 Å². The number of carbonyl (C=O) groups excluding carboxylic acids is 2. The highest BCUT2D eigenvalue weighted by Gasteiger charge is 1.95. The highest BCUT2D eigenvalue weighted by molar-refractivity contribution is 6.00. The number of hydrogen-bond donors (Lipinski definition) is 3.